The summed E-state index contributed by atoms with van der Waals surface area (Å²) in [5.74, 6) is 0.223. The highest BCUT2D eigenvalue weighted by Crippen LogP contribution is 2.33. The SMILES string of the molecule is CC(=O)Nc1ncc(S(=O)(=O)NCc2nc(C3CCCCC3)cs2)s1. The lowest BCUT2D eigenvalue weighted by Crippen LogP contribution is -2.22. The fourth-order valence-electron chi connectivity index (χ4n) is 2.81. The minimum atomic E-state index is -3.67. The number of sulfonamides is 1. The molecule has 3 rings (SSSR count). The summed E-state index contributed by atoms with van der Waals surface area (Å²) in [7, 11) is -3.67. The van der Waals surface area contributed by atoms with Crippen molar-refractivity contribution < 1.29 is 13.2 Å². The first kappa shape index (κ1) is 18.4. The minimum absolute atomic E-state index is 0.0697. The lowest BCUT2D eigenvalue weighted by Gasteiger charge is -2.19. The van der Waals surface area contributed by atoms with Crippen LogP contribution in [-0.2, 0) is 21.4 Å². The molecule has 2 aromatic heterocycles. The average Bonchev–Trinajstić information content (AvgIpc) is 3.23. The number of carbonyl (C=O) groups is 1. The van der Waals surface area contributed by atoms with E-state index in [2.05, 4.69) is 20.0 Å². The molecule has 0 aliphatic heterocycles. The van der Waals surface area contributed by atoms with Gasteiger partial charge in [-0.1, -0.05) is 30.6 Å². The van der Waals surface area contributed by atoms with E-state index >= 15 is 0 Å². The number of amides is 1. The van der Waals surface area contributed by atoms with Gasteiger partial charge < -0.3 is 5.32 Å². The number of hydrogen-bond acceptors (Lipinski definition) is 7. The standard InChI is InChI=1S/C15H20N4O3S3/c1-10(20)18-15-16-8-14(24-15)25(21,22)17-7-13-19-12(9-23-13)11-5-3-2-4-6-11/h8-9,11,17H,2-7H2,1H3,(H,16,18,20). The predicted molar refractivity (Wildman–Crippen MR) is 98.4 cm³/mol. The number of carbonyl (C=O) groups excluding carboxylic acids is 1. The summed E-state index contributed by atoms with van der Waals surface area (Å²) in [5.41, 5.74) is 1.09. The molecule has 0 atom stereocenters. The van der Waals surface area contributed by atoms with Crippen LogP contribution in [0.2, 0.25) is 0 Å². The van der Waals surface area contributed by atoms with Crippen LogP contribution >= 0.6 is 22.7 Å². The molecule has 10 heteroatoms. The van der Waals surface area contributed by atoms with Gasteiger partial charge >= 0.3 is 0 Å². The highest BCUT2D eigenvalue weighted by molar-refractivity contribution is 7.91. The largest absolute Gasteiger partial charge is 0.302 e. The maximum atomic E-state index is 12.3. The normalized spacial score (nSPS) is 16.0. The Labute approximate surface area is 155 Å². The van der Waals surface area contributed by atoms with E-state index in [-0.39, 0.29) is 21.8 Å². The molecule has 0 unspecified atom stereocenters. The first-order valence-corrected chi connectivity index (χ1v) is 11.3. The quantitative estimate of drug-likeness (QED) is 0.776. The van der Waals surface area contributed by atoms with Gasteiger partial charge in [0.05, 0.1) is 18.4 Å². The third kappa shape index (κ3) is 4.84. The van der Waals surface area contributed by atoms with Crippen LogP contribution in [0.3, 0.4) is 0 Å². The molecule has 1 fully saturated rings. The first-order valence-electron chi connectivity index (χ1n) is 8.11. The number of rotatable bonds is 6. The number of hydrogen-bond donors (Lipinski definition) is 2. The lowest BCUT2D eigenvalue weighted by atomic mass is 9.87. The Bertz CT molecular complexity index is 838. The molecule has 0 radical (unpaired) electrons. The van der Waals surface area contributed by atoms with Crippen molar-refractivity contribution in [1.82, 2.24) is 14.7 Å². The number of nitrogens with one attached hydrogen (secondary N) is 2. The fraction of sp³-hybridized carbons (Fsp3) is 0.533. The zero-order valence-corrected chi connectivity index (χ0v) is 16.3. The van der Waals surface area contributed by atoms with Crippen LogP contribution in [0.4, 0.5) is 5.13 Å². The van der Waals surface area contributed by atoms with E-state index in [1.54, 1.807) is 0 Å². The van der Waals surface area contributed by atoms with Crippen LogP contribution in [0.1, 0.15) is 55.6 Å². The smallest absolute Gasteiger partial charge is 0.252 e. The van der Waals surface area contributed by atoms with Crippen molar-refractivity contribution in [3.63, 3.8) is 0 Å². The molecule has 2 heterocycles. The summed E-state index contributed by atoms with van der Waals surface area (Å²) < 4.78 is 27.3. The molecule has 7 nitrogen and oxygen atoms in total. The molecule has 2 aromatic rings. The van der Waals surface area contributed by atoms with Gasteiger partial charge in [0, 0.05) is 18.2 Å². The van der Waals surface area contributed by atoms with Crippen molar-refractivity contribution in [2.75, 3.05) is 5.32 Å². The zero-order valence-electron chi connectivity index (χ0n) is 13.8. The van der Waals surface area contributed by atoms with Crippen molar-refractivity contribution in [2.45, 2.75) is 55.7 Å². The topological polar surface area (TPSA) is 101 Å². The molecule has 1 aliphatic carbocycles. The predicted octanol–water partition coefficient (Wildman–Crippen LogP) is 3.08. The van der Waals surface area contributed by atoms with Crippen molar-refractivity contribution in [2.24, 2.45) is 0 Å². The lowest BCUT2D eigenvalue weighted by molar-refractivity contribution is -0.114. The van der Waals surface area contributed by atoms with Gasteiger partial charge in [0.15, 0.2) is 9.34 Å². The van der Waals surface area contributed by atoms with Crippen molar-refractivity contribution >= 4 is 43.7 Å². The van der Waals surface area contributed by atoms with Crippen LogP contribution in [0.25, 0.3) is 0 Å². The van der Waals surface area contributed by atoms with Gasteiger partial charge in [-0.25, -0.2) is 23.1 Å². The maximum Gasteiger partial charge on any atom is 0.252 e. The Morgan fingerprint density at radius 3 is 2.80 bits per heavy atom. The minimum Gasteiger partial charge on any atom is -0.302 e. The maximum absolute atomic E-state index is 12.3. The number of nitrogens with zero attached hydrogens (tertiary/aromatic N) is 2. The number of thiazole rings is 2. The molecule has 0 bridgehead atoms. The summed E-state index contributed by atoms with van der Waals surface area (Å²) in [6.07, 6.45) is 7.36. The highest BCUT2D eigenvalue weighted by Gasteiger charge is 2.21. The van der Waals surface area contributed by atoms with E-state index in [1.165, 1.54) is 56.6 Å². The molecule has 1 amide bonds. The Balaban J connectivity index is 1.61. The van der Waals surface area contributed by atoms with E-state index in [9.17, 15) is 13.2 Å². The molecule has 136 valence electrons. The van der Waals surface area contributed by atoms with Crippen molar-refractivity contribution in [1.29, 1.82) is 0 Å². The molecule has 0 saturated heterocycles. The molecule has 1 saturated carbocycles. The van der Waals surface area contributed by atoms with Crippen LogP contribution in [-0.4, -0.2) is 24.3 Å². The molecule has 0 aromatic carbocycles. The van der Waals surface area contributed by atoms with Crippen LogP contribution in [0.15, 0.2) is 15.8 Å². The Morgan fingerprint density at radius 2 is 2.08 bits per heavy atom. The van der Waals surface area contributed by atoms with Gasteiger partial charge in [-0.15, -0.1) is 11.3 Å². The summed E-state index contributed by atoms with van der Waals surface area (Å²) in [5, 5.41) is 5.54. The molecule has 25 heavy (non-hydrogen) atoms. The van der Waals surface area contributed by atoms with E-state index in [1.807, 2.05) is 5.38 Å². The summed E-state index contributed by atoms with van der Waals surface area (Å²) >= 11 is 2.41. The number of aromatic nitrogens is 2. The Hall–Kier alpha value is -1.36. The van der Waals surface area contributed by atoms with E-state index in [0.29, 0.717) is 5.92 Å². The summed E-state index contributed by atoms with van der Waals surface area (Å²) in [4.78, 5) is 19.5. The second-order valence-electron chi connectivity index (χ2n) is 5.99. The zero-order chi connectivity index (χ0) is 17.9. The molecule has 2 N–H and O–H groups in total. The third-order valence-electron chi connectivity index (χ3n) is 4.04. The second kappa shape index (κ2) is 7.90. The van der Waals surface area contributed by atoms with Crippen molar-refractivity contribution in [3.8, 4) is 0 Å². The van der Waals surface area contributed by atoms with E-state index in [0.717, 1.165) is 22.0 Å². The molecule has 0 spiro atoms. The first-order chi connectivity index (χ1) is 11.9. The second-order valence-corrected chi connectivity index (χ2v) is 9.96. The van der Waals surface area contributed by atoms with Gasteiger partial charge in [-0.05, 0) is 12.8 Å². The fourth-order valence-corrected chi connectivity index (χ4v) is 5.83. The summed E-state index contributed by atoms with van der Waals surface area (Å²) in [6.45, 7) is 1.51. The Morgan fingerprint density at radius 1 is 1.32 bits per heavy atom. The monoisotopic (exact) mass is 400 g/mol. The van der Waals surface area contributed by atoms with E-state index < -0.39 is 10.0 Å². The van der Waals surface area contributed by atoms with Crippen LogP contribution < -0.4 is 10.0 Å². The molecule has 1 aliphatic rings. The third-order valence-corrected chi connectivity index (χ3v) is 7.68. The van der Waals surface area contributed by atoms with E-state index in [4.69, 9.17) is 0 Å². The average molecular weight is 401 g/mol. The highest BCUT2D eigenvalue weighted by atomic mass is 32.2. The molecular formula is C15H20N4O3S3. The van der Waals surface area contributed by atoms with Gasteiger partial charge in [0.2, 0.25) is 5.91 Å². The van der Waals surface area contributed by atoms with Crippen LogP contribution in [0, 0.1) is 0 Å². The Kier molecular flexibility index (Phi) is 5.82. The van der Waals surface area contributed by atoms with Crippen LogP contribution in [0.5, 0.6) is 0 Å². The summed E-state index contributed by atoms with van der Waals surface area (Å²) in [6, 6.07) is 0. The van der Waals surface area contributed by atoms with Gasteiger partial charge in [0.1, 0.15) is 5.01 Å². The molecular weight excluding hydrogens is 380 g/mol. The van der Waals surface area contributed by atoms with Gasteiger partial charge in [-0.3, -0.25) is 4.79 Å². The van der Waals surface area contributed by atoms with Gasteiger partial charge in [0.25, 0.3) is 10.0 Å². The van der Waals surface area contributed by atoms with Crippen molar-refractivity contribution in [3.05, 3.63) is 22.3 Å². The number of anilines is 1. The van der Waals surface area contributed by atoms with Gasteiger partial charge in [-0.2, -0.15) is 0 Å².